The summed E-state index contributed by atoms with van der Waals surface area (Å²) < 4.78 is 33.5. The number of benzene rings is 1. The Labute approximate surface area is 163 Å². The molecule has 0 bridgehead atoms. The molecular weight excluding hydrogens is 384 g/mol. The first-order valence-corrected chi connectivity index (χ1v) is 9.28. The van der Waals surface area contributed by atoms with E-state index in [0.717, 1.165) is 17.4 Å². The second kappa shape index (κ2) is 7.12. The number of nitrogens with zero attached hydrogens (tertiary/aromatic N) is 3. The molecule has 0 atom stereocenters. The third kappa shape index (κ3) is 3.38. The lowest BCUT2D eigenvalue weighted by molar-refractivity contribution is 0.0983. The average molecular weight is 399 g/mol. The highest BCUT2D eigenvalue weighted by molar-refractivity contribution is 7.22. The van der Waals surface area contributed by atoms with Crippen LogP contribution in [0.5, 0.6) is 0 Å². The molecule has 1 aromatic carbocycles. The van der Waals surface area contributed by atoms with E-state index in [1.54, 1.807) is 38.2 Å². The maximum atomic E-state index is 14.1. The molecular formula is C20H15F2N3O2S. The van der Waals surface area contributed by atoms with Gasteiger partial charge in [-0.25, -0.2) is 13.8 Å². The number of furan rings is 1. The summed E-state index contributed by atoms with van der Waals surface area (Å²) in [6.45, 7) is 3.59. The summed E-state index contributed by atoms with van der Waals surface area (Å²) in [5, 5.41) is 0.258. The summed E-state index contributed by atoms with van der Waals surface area (Å²) in [5.74, 6) is -0.718. The molecule has 5 nitrogen and oxygen atoms in total. The van der Waals surface area contributed by atoms with Gasteiger partial charge in [0.05, 0.1) is 22.5 Å². The van der Waals surface area contributed by atoms with Crippen molar-refractivity contribution < 1.29 is 18.0 Å². The van der Waals surface area contributed by atoms with Gasteiger partial charge in [0, 0.05) is 12.3 Å². The number of pyridine rings is 1. The zero-order valence-electron chi connectivity index (χ0n) is 15.1. The van der Waals surface area contributed by atoms with E-state index in [2.05, 4.69) is 9.97 Å². The first-order chi connectivity index (χ1) is 13.4. The van der Waals surface area contributed by atoms with Crippen LogP contribution >= 0.6 is 11.3 Å². The van der Waals surface area contributed by atoms with E-state index in [9.17, 15) is 13.6 Å². The molecule has 0 spiro atoms. The van der Waals surface area contributed by atoms with Crippen LogP contribution in [0.2, 0.25) is 0 Å². The number of hydrogen-bond donors (Lipinski definition) is 0. The van der Waals surface area contributed by atoms with Crippen molar-refractivity contribution in [3.8, 4) is 0 Å². The van der Waals surface area contributed by atoms with E-state index < -0.39 is 11.6 Å². The van der Waals surface area contributed by atoms with Gasteiger partial charge in [-0.2, -0.15) is 0 Å². The van der Waals surface area contributed by atoms with Crippen LogP contribution < -0.4 is 4.90 Å². The van der Waals surface area contributed by atoms with Gasteiger partial charge in [-0.15, -0.1) is 0 Å². The Hall–Kier alpha value is -3.13. The van der Waals surface area contributed by atoms with Gasteiger partial charge in [-0.05, 0) is 38.1 Å². The molecule has 0 unspecified atom stereocenters. The number of fused-ring (bicyclic) bond motifs is 1. The Morgan fingerprint density at radius 2 is 2.04 bits per heavy atom. The topological polar surface area (TPSA) is 59.2 Å². The van der Waals surface area contributed by atoms with Crippen molar-refractivity contribution >= 4 is 32.6 Å². The molecule has 0 N–H and O–H groups in total. The van der Waals surface area contributed by atoms with Gasteiger partial charge in [-0.3, -0.25) is 14.7 Å². The molecule has 28 heavy (non-hydrogen) atoms. The number of halogens is 2. The second-order valence-electron chi connectivity index (χ2n) is 6.27. The molecule has 142 valence electrons. The summed E-state index contributed by atoms with van der Waals surface area (Å²) >= 11 is 1.04. The Balaban J connectivity index is 1.82. The van der Waals surface area contributed by atoms with Crippen molar-refractivity contribution in [2.45, 2.75) is 20.4 Å². The number of amides is 1. The summed E-state index contributed by atoms with van der Waals surface area (Å²) in [6, 6.07) is 9.00. The van der Waals surface area contributed by atoms with Crippen LogP contribution in [0.25, 0.3) is 10.2 Å². The number of aromatic nitrogens is 2. The van der Waals surface area contributed by atoms with E-state index in [4.69, 9.17) is 4.42 Å². The van der Waals surface area contributed by atoms with Gasteiger partial charge in [0.15, 0.2) is 10.9 Å². The molecule has 4 rings (SSSR count). The quantitative estimate of drug-likeness (QED) is 0.483. The maximum absolute atomic E-state index is 14.1. The van der Waals surface area contributed by atoms with E-state index in [0.29, 0.717) is 27.5 Å². The lowest BCUT2D eigenvalue weighted by Gasteiger charge is -2.19. The minimum Gasteiger partial charge on any atom is -0.466 e. The number of rotatable bonds is 4. The van der Waals surface area contributed by atoms with Gasteiger partial charge in [0.2, 0.25) is 0 Å². The number of carbonyl (C=O) groups excluding carboxylic acids is 1. The first-order valence-electron chi connectivity index (χ1n) is 8.47. The largest absolute Gasteiger partial charge is 0.466 e. The number of anilines is 1. The molecule has 4 aromatic rings. The number of hydrogen-bond acceptors (Lipinski definition) is 5. The van der Waals surface area contributed by atoms with Crippen LogP contribution in [0.15, 0.2) is 47.0 Å². The maximum Gasteiger partial charge on any atom is 0.263 e. The van der Waals surface area contributed by atoms with Crippen molar-refractivity contribution in [1.29, 1.82) is 0 Å². The van der Waals surface area contributed by atoms with Crippen molar-refractivity contribution in [3.63, 3.8) is 0 Å². The van der Waals surface area contributed by atoms with E-state index >= 15 is 0 Å². The number of carbonyl (C=O) groups is 1. The van der Waals surface area contributed by atoms with Gasteiger partial charge in [0.25, 0.3) is 5.91 Å². The highest BCUT2D eigenvalue weighted by atomic mass is 32.1. The lowest BCUT2D eigenvalue weighted by atomic mass is 10.2. The molecule has 8 heteroatoms. The Bertz CT molecular complexity index is 1170. The average Bonchev–Trinajstić information content (AvgIpc) is 3.22. The predicted molar refractivity (Wildman–Crippen MR) is 102 cm³/mol. The Kier molecular flexibility index (Phi) is 4.64. The molecule has 3 heterocycles. The standard InChI is InChI=1S/C20H15F2N3O2S/c1-11-7-15(12(2)27-11)19(26)25(10-14-5-3-4-6-23-14)20-24-18-16(22)8-13(21)9-17(18)28-20/h3-9H,10H2,1-2H3. The van der Waals surface area contributed by atoms with Crippen molar-refractivity contribution in [1.82, 2.24) is 9.97 Å². The molecule has 0 saturated carbocycles. The number of aryl methyl sites for hydroxylation is 2. The zero-order chi connectivity index (χ0) is 19.8. The van der Waals surface area contributed by atoms with Crippen LogP contribution in [-0.4, -0.2) is 15.9 Å². The van der Waals surface area contributed by atoms with Gasteiger partial charge < -0.3 is 4.42 Å². The van der Waals surface area contributed by atoms with Crippen LogP contribution in [-0.2, 0) is 6.54 Å². The summed E-state index contributed by atoms with van der Waals surface area (Å²) in [5.41, 5.74) is 1.05. The molecule has 0 aliphatic carbocycles. The van der Waals surface area contributed by atoms with E-state index in [1.165, 1.54) is 11.0 Å². The predicted octanol–water partition coefficient (Wildman–Crippen LogP) is 5.03. The van der Waals surface area contributed by atoms with Gasteiger partial charge in [-0.1, -0.05) is 17.4 Å². The van der Waals surface area contributed by atoms with Crippen molar-refractivity contribution in [2.24, 2.45) is 0 Å². The molecule has 1 amide bonds. The highest BCUT2D eigenvalue weighted by Gasteiger charge is 2.26. The van der Waals surface area contributed by atoms with Crippen LogP contribution in [0.3, 0.4) is 0 Å². The van der Waals surface area contributed by atoms with Gasteiger partial charge in [0.1, 0.15) is 22.9 Å². The lowest BCUT2D eigenvalue weighted by Crippen LogP contribution is -2.30. The number of thiazole rings is 1. The molecule has 0 aliphatic rings. The SMILES string of the molecule is Cc1cc(C(=O)N(Cc2ccccn2)c2nc3c(F)cc(F)cc3s2)c(C)o1. The van der Waals surface area contributed by atoms with Crippen LogP contribution in [0.1, 0.15) is 27.6 Å². The second-order valence-corrected chi connectivity index (χ2v) is 7.28. The fourth-order valence-electron chi connectivity index (χ4n) is 2.93. The highest BCUT2D eigenvalue weighted by Crippen LogP contribution is 2.33. The summed E-state index contributed by atoms with van der Waals surface area (Å²) in [6.07, 6.45) is 1.62. The summed E-state index contributed by atoms with van der Waals surface area (Å²) in [7, 11) is 0. The Morgan fingerprint density at radius 3 is 2.71 bits per heavy atom. The summed E-state index contributed by atoms with van der Waals surface area (Å²) in [4.78, 5) is 23.2. The third-order valence-electron chi connectivity index (χ3n) is 4.20. The minimum atomic E-state index is -0.766. The van der Waals surface area contributed by atoms with E-state index in [1.807, 2.05) is 6.07 Å². The third-order valence-corrected chi connectivity index (χ3v) is 5.22. The van der Waals surface area contributed by atoms with E-state index in [-0.39, 0.29) is 23.1 Å². The fourth-order valence-corrected chi connectivity index (χ4v) is 3.93. The first kappa shape index (κ1) is 18.2. The van der Waals surface area contributed by atoms with Gasteiger partial charge >= 0.3 is 0 Å². The Morgan fingerprint density at radius 1 is 1.21 bits per heavy atom. The fraction of sp³-hybridized carbons (Fsp3) is 0.150. The molecule has 0 fully saturated rings. The minimum absolute atomic E-state index is 0.0281. The smallest absolute Gasteiger partial charge is 0.263 e. The monoisotopic (exact) mass is 399 g/mol. The zero-order valence-corrected chi connectivity index (χ0v) is 15.9. The molecule has 0 aliphatic heterocycles. The van der Waals surface area contributed by atoms with Crippen LogP contribution in [0.4, 0.5) is 13.9 Å². The normalized spacial score (nSPS) is 11.1. The molecule has 3 aromatic heterocycles. The molecule has 0 saturated heterocycles. The van der Waals surface area contributed by atoms with Crippen molar-refractivity contribution in [3.05, 3.63) is 77.0 Å². The van der Waals surface area contributed by atoms with Crippen LogP contribution in [0, 0.1) is 25.5 Å². The van der Waals surface area contributed by atoms with Crippen molar-refractivity contribution in [2.75, 3.05) is 4.90 Å². The molecule has 0 radical (unpaired) electrons.